The Hall–Kier alpha value is -3.77. The fourth-order valence-electron chi connectivity index (χ4n) is 5.98. The predicted molar refractivity (Wildman–Crippen MR) is 125 cm³/mol. The maximum Gasteiger partial charge on any atom is 0.311 e. The number of hydrogen-bond donors (Lipinski definition) is 5. The van der Waals surface area contributed by atoms with Gasteiger partial charge < -0.3 is 26.2 Å². The standard InChI is InChI=1S/C24H27N3O9/c1-8(2)10-7-13(27(35)36)18(28)15-11(10)5-9-6-12-17(26(3)4)20(30)16(23(25)33)22(32)24(12,34)21(31)14(9)19(15)29/h7-9,12,17,28-29,32,34H,5-6H2,1-4H3,(H2,25,33)/t9-,12-,17-,24-/m1/s1. The summed E-state index contributed by atoms with van der Waals surface area (Å²) in [6, 6.07) is 0.0516. The number of aliphatic hydroxyl groups excluding tert-OH is 2. The maximum absolute atomic E-state index is 13.8. The number of nitrogens with two attached hydrogens (primary N) is 1. The van der Waals surface area contributed by atoms with Crippen LogP contribution in [0.25, 0.3) is 5.76 Å². The number of amides is 1. The smallest absolute Gasteiger partial charge is 0.311 e. The molecule has 192 valence electrons. The van der Waals surface area contributed by atoms with E-state index in [2.05, 4.69) is 0 Å². The number of carbonyl (C=O) groups is 3. The van der Waals surface area contributed by atoms with E-state index in [1.54, 1.807) is 13.8 Å². The van der Waals surface area contributed by atoms with Gasteiger partial charge in [-0.2, -0.15) is 0 Å². The number of ketones is 2. The van der Waals surface area contributed by atoms with Crippen LogP contribution in [0, 0.1) is 22.0 Å². The summed E-state index contributed by atoms with van der Waals surface area (Å²) < 4.78 is 0. The zero-order valence-corrected chi connectivity index (χ0v) is 20.1. The van der Waals surface area contributed by atoms with E-state index in [1.807, 2.05) is 0 Å². The van der Waals surface area contributed by atoms with Gasteiger partial charge in [0, 0.05) is 17.6 Å². The van der Waals surface area contributed by atoms with Crippen LogP contribution in [0.2, 0.25) is 0 Å². The lowest BCUT2D eigenvalue weighted by molar-refractivity contribution is -0.386. The Balaban J connectivity index is 2.03. The van der Waals surface area contributed by atoms with E-state index in [1.165, 1.54) is 25.1 Å². The molecule has 1 amide bonds. The summed E-state index contributed by atoms with van der Waals surface area (Å²) in [7, 11) is 3.03. The molecule has 1 fully saturated rings. The van der Waals surface area contributed by atoms with E-state index in [0.29, 0.717) is 11.1 Å². The van der Waals surface area contributed by atoms with Gasteiger partial charge in [0.1, 0.15) is 17.1 Å². The second-order valence-electron chi connectivity index (χ2n) is 10.1. The van der Waals surface area contributed by atoms with Crippen LogP contribution in [-0.2, 0) is 20.8 Å². The van der Waals surface area contributed by atoms with Gasteiger partial charge in [0.15, 0.2) is 11.4 Å². The normalized spacial score (nSPS) is 27.8. The van der Waals surface area contributed by atoms with Gasteiger partial charge in [-0.25, -0.2) is 0 Å². The number of nitro benzene ring substituents is 1. The number of rotatable bonds is 4. The molecule has 4 rings (SSSR count). The Morgan fingerprint density at radius 3 is 2.36 bits per heavy atom. The van der Waals surface area contributed by atoms with Crippen molar-refractivity contribution in [2.45, 2.75) is 44.2 Å². The molecule has 1 aromatic carbocycles. The molecule has 36 heavy (non-hydrogen) atoms. The SMILES string of the molecule is CC(C)c1cc([N+](=O)[O-])c(O)c2c1C[C@@H]1C[C@@H]3[C@@H](N(C)C)C(=O)C(C(N)=O)=C(O)[C@]3(O)C(=O)C1=C2O. The molecule has 0 aliphatic heterocycles. The molecule has 0 bridgehead atoms. The molecule has 12 nitrogen and oxygen atoms in total. The number of phenols is 1. The number of phenolic OH excluding ortho intramolecular Hbond substituents is 1. The van der Waals surface area contributed by atoms with Crippen molar-refractivity contribution in [3.8, 4) is 5.75 Å². The van der Waals surface area contributed by atoms with Gasteiger partial charge in [-0.3, -0.25) is 29.4 Å². The molecule has 0 radical (unpaired) electrons. The van der Waals surface area contributed by atoms with E-state index in [-0.39, 0.29) is 29.9 Å². The molecular formula is C24H27N3O9. The number of Topliss-reactive ketones (excluding diaryl/α,β-unsaturated/α-hetero) is 2. The molecular weight excluding hydrogens is 474 g/mol. The summed E-state index contributed by atoms with van der Waals surface area (Å²) >= 11 is 0. The van der Waals surface area contributed by atoms with Crippen molar-refractivity contribution in [2.75, 3.05) is 14.1 Å². The zero-order valence-electron chi connectivity index (χ0n) is 20.1. The van der Waals surface area contributed by atoms with Crippen LogP contribution in [0.15, 0.2) is 23.0 Å². The first kappa shape index (κ1) is 25.3. The molecule has 6 N–H and O–H groups in total. The van der Waals surface area contributed by atoms with Gasteiger partial charge >= 0.3 is 5.69 Å². The first-order chi connectivity index (χ1) is 16.7. The zero-order chi connectivity index (χ0) is 27.0. The van der Waals surface area contributed by atoms with Crippen LogP contribution in [0.4, 0.5) is 5.69 Å². The lowest BCUT2D eigenvalue weighted by Crippen LogP contribution is -2.65. The van der Waals surface area contributed by atoms with Gasteiger partial charge in [0.05, 0.1) is 16.5 Å². The summed E-state index contributed by atoms with van der Waals surface area (Å²) in [4.78, 5) is 51.1. The third kappa shape index (κ3) is 3.17. The van der Waals surface area contributed by atoms with Crippen LogP contribution in [-0.4, -0.2) is 73.5 Å². The number of nitrogens with zero attached hydrogens (tertiary/aromatic N) is 2. The number of hydrogen-bond acceptors (Lipinski definition) is 10. The number of likely N-dealkylation sites (N-methyl/N-ethyl adjacent to an activating group) is 1. The number of carbonyl (C=O) groups excluding carboxylic acids is 3. The van der Waals surface area contributed by atoms with Crippen LogP contribution >= 0.6 is 0 Å². The van der Waals surface area contributed by atoms with E-state index in [0.717, 1.165) is 0 Å². The number of benzene rings is 1. The van der Waals surface area contributed by atoms with Crippen molar-refractivity contribution in [1.29, 1.82) is 0 Å². The van der Waals surface area contributed by atoms with Gasteiger partial charge in [-0.15, -0.1) is 0 Å². The first-order valence-electron chi connectivity index (χ1n) is 11.3. The molecule has 0 spiro atoms. The minimum Gasteiger partial charge on any atom is -0.508 e. The van der Waals surface area contributed by atoms with Crippen molar-refractivity contribution >= 4 is 28.9 Å². The van der Waals surface area contributed by atoms with Gasteiger partial charge in [-0.1, -0.05) is 13.8 Å². The molecule has 1 aromatic rings. The van der Waals surface area contributed by atoms with E-state index in [9.17, 15) is 44.9 Å². The molecule has 0 unspecified atom stereocenters. The van der Waals surface area contributed by atoms with Crippen molar-refractivity contribution in [3.63, 3.8) is 0 Å². The van der Waals surface area contributed by atoms with Gasteiger partial charge in [-0.05, 0) is 49.9 Å². The summed E-state index contributed by atoms with van der Waals surface area (Å²) in [5.41, 5.74) is 1.24. The number of nitro groups is 1. The topological polar surface area (TPSA) is 205 Å². The third-order valence-electron chi connectivity index (χ3n) is 7.55. The largest absolute Gasteiger partial charge is 0.508 e. The summed E-state index contributed by atoms with van der Waals surface area (Å²) in [5, 5.41) is 55.9. The average molecular weight is 501 g/mol. The van der Waals surface area contributed by atoms with E-state index in [4.69, 9.17) is 5.73 Å². The van der Waals surface area contributed by atoms with Crippen LogP contribution < -0.4 is 5.73 Å². The fraction of sp³-hybridized carbons (Fsp3) is 0.458. The maximum atomic E-state index is 13.8. The summed E-state index contributed by atoms with van der Waals surface area (Å²) in [6.45, 7) is 3.57. The fourth-order valence-corrected chi connectivity index (χ4v) is 5.98. The van der Waals surface area contributed by atoms with Crippen LogP contribution in [0.1, 0.15) is 42.9 Å². The van der Waals surface area contributed by atoms with E-state index < -0.39 is 74.4 Å². The number of aliphatic hydroxyl groups is 3. The summed E-state index contributed by atoms with van der Waals surface area (Å²) in [6.07, 6.45) is 0.0225. The van der Waals surface area contributed by atoms with Gasteiger partial charge in [0.2, 0.25) is 11.5 Å². The quantitative estimate of drug-likeness (QED) is 0.225. The minimum absolute atomic E-state index is 0.0545. The van der Waals surface area contributed by atoms with Crippen molar-refractivity contribution < 1.29 is 39.7 Å². The van der Waals surface area contributed by atoms with Gasteiger partial charge in [0.25, 0.3) is 5.91 Å². The highest BCUT2D eigenvalue weighted by Gasteiger charge is 2.64. The van der Waals surface area contributed by atoms with Crippen molar-refractivity contribution in [1.82, 2.24) is 4.90 Å². The van der Waals surface area contributed by atoms with Crippen LogP contribution in [0.5, 0.6) is 5.75 Å². The predicted octanol–water partition coefficient (Wildman–Crippen LogP) is 0.996. The highest BCUT2D eigenvalue weighted by Crippen LogP contribution is 2.54. The highest BCUT2D eigenvalue weighted by molar-refractivity contribution is 6.24. The number of primary amides is 1. The highest BCUT2D eigenvalue weighted by atomic mass is 16.6. The second-order valence-corrected chi connectivity index (χ2v) is 10.1. The average Bonchev–Trinajstić information content (AvgIpc) is 2.75. The first-order valence-corrected chi connectivity index (χ1v) is 11.3. The minimum atomic E-state index is -2.76. The molecule has 3 aliphatic carbocycles. The molecule has 1 saturated carbocycles. The summed E-state index contributed by atoms with van der Waals surface area (Å²) in [5.74, 6) is -8.27. The molecule has 0 aromatic heterocycles. The number of aromatic hydroxyl groups is 1. The molecule has 3 aliphatic rings. The molecule has 12 heteroatoms. The Kier molecular flexibility index (Phi) is 5.72. The lowest BCUT2D eigenvalue weighted by Gasteiger charge is -2.50. The molecule has 0 saturated heterocycles. The van der Waals surface area contributed by atoms with Crippen LogP contribution in [0.3, 0.4) is 0 Å². The Morgan fingerprint density at radius 2 is 1.86 bits per heavy atom. The Labute approximate surface area is 205 Å². The van der Waals surface area contributed by atoms with Crippen molar-refractivity contribution in [2.24, 2.45) is 17.6 Å². The third-order valence-corrected chi connectivity index (χ3v) is 7.55. The Morgan fingerprint density at radius 1 is 1.25 bits per heavy atom. The van der Waals surface area contributed by atoms with Crippen molar-refractivity contribution in [3.05, 3.63) is 49.8 Å². The number of fused-ring (bicyclic) bond motifs is 3. The lowest BCUT2D eigenvalue weighted by atomic mass is 9.57. The molecule has 4 atom stereocenters. The molecule has 0 heterocycles. The Bertz CT molecular complexity index is 1310. The monoisotopic (exact) mass is 501 g/mol. The van der Waals surface area contributed by atoms with E-state index >= 15 is 0 Å². The second kappa shape index (κ2) is 8.14.